The Labute approximate surface area is 221 Å². The summed E-state index contributed by atoms with van der Waals surface area (Å²) in [6, 6.07) is 35.1. The van der Waals surface area contributed by atoms with Crippen molar-refractivity contribution >= 4 is 40.3 Å². The van der Waals surface area contributed by atoms with Crippen LogP contribution in [0.3, 0.4) is 0 Å². The highest BCUT2D eigenvalue weighted by Crippen LogP contribution is 2.27. The third kappa shape index (κ3) is 5.68. The van der Waals surface area contributed by atoms with Gasteiger partial charge in [0.05, 0.1) is 11.4 Å². The lowest BCUT2D eigenvalue weighted by atomic mass is 10.0. The number of carbonyl (C=O) groups excluding carboxylic acids is 1. The second-order valence-corrected chi connectivity index (χ2v) is 8.97. The molecule has 1 heterocycles. The van der Waals surface area contributed by atoms with Gasteiger partial charge in [-0.15, -0.1) is 0 Å². The minimum atomic E-state index is -0.898. The zero-order chi connectivity index (χ0) is 25.6. The van der Waals surface area contributed by atoms with Crippen molar-refractivity contribution in [3.05, 3.63) is 126 Å². The van der Waals surface area contributed by atoms with Crippen molar-refractivity contribution < 1.29 is 9.53 Å². The van der Waals surface area contributed by atoms with E-state index in [4.69, 9.17) is 21.9 Å². The number of amides is 1. The fraction of sp³-hybridized carbons (Fsp3) is 0.100. The van der Waals surface area contributed by atoms with Gasteiger partial charge in [0, 0.05) is 29.9 Å². The van der Waals surface area contributed by atoms with Gasteiger partial charge in [-0.05, 0) is 36.0 Å². The van der Waals surface area contributed by atoms with Crippen LogP contribution in [0.2, 0.25) is 0 Å². The van der Waals surface area contributed by atoms with Crippen molar-refractivity contribution in [1.82, 2.24) is 5.32 Å². The monoisotopic (exact) mass is 506 g/mol. The van der Waals surface area contributed by atoms with Crippen LogP contribution in [0, 0.1) is 0 Å². The number of nitrogens with one attached hydrogen (secondary N) is 2. The summed E-state index contributed by atoms with van der Waals surface area (Å²) in [6.45, 7) is 0.466. The van der Waals surface area contributed by atoms with Crippen LogP contribution >= 0.6 is 12.2 Å². The maximum absolute atomic E-state index is 13.4. The highest BCUT2D eigenvalue weighted by atomic mass is 32.1. The van der Waals surface area contributed by atoms with Gasteiger partial charge in [-0.2, -0.15) is 0 Å². The first-order valence-corrected chi connectivity index (χ1v) is 12.3. The van der Waals surface area contributed by atoms with E-state index in [0.717, 1.165) is 33.8 Å². The van der Waals surface area contributed by atoms with Gasteiger partial charge < -0.3 is 20.3 Å². The first kappa shape index (κ1) is 24.2. The highest BCUT2D eigenvalue weighted by Gasteiger charge is 2.30. The summed E-state index contributed by atoms with van der Waals surface area (Å²) >= 11 is 5.58. The van der Waals surface area contributed by atoms with Gasteiger partial charge in [0.2, 0.25) is 6.17 Å². The summed E-state index contributed by atoms with van der Waals surface area (Å²) in [7, 11) is 1.75. The molecule has 7 heteroatoms. The topological polar surface area (TPSA) is 66.0 Å². The molecule has 37 heavy (non-hydrogen) atoms. The summed E-state index contributed by atoms with van der Waals surface area (Å²) in [6.07, 6.45) is -0.898. The third-order valence-electron chi connectivity index (χ3n) is 6.00. The van der Waals surface area contributed by atoms with E-state index in [1.165, 1.54) is 0 Å². The van der Waals surface area contributed by atoms with E-state index in [0.29, 0.717) is 12.4 Å². The van der Waals surface area contributed by atoms with Gasteiger partial charge >= 0.3 is 0 Å². The molecule has 1 aliphatic heterocycles. The van der Waals surface area contributed by atoms with Gasteiger partial charge in [-0.1, -0.05) is 84.9 Å². The largest absolute Gasteiger partial charge is 0.489 e. The molecule has 0 saturated heterocycles. The normalized spacial score (nSPS) is 14.7. The Bertz CT molecular complexity index is 1440. The molecule has 0 saturated carbocycles. The van der Waals surface area contributed by atoms with Gasteiger partial charge in [0.15, 0.2) is 5.11 Å². The maximum Gasteiger partial charge on any atom is 0.272 e. The van der Waals surface area contributed by atoms with Gasteiger partial charge in [0.1, 0.15) is 12.4 Å². The predicted molar refractivity (Wildman–Crippen MR) is 152 cm³/mol. The molecule has 1 amide bonds. The van der Waals surface area contributed by atoms with Crippen molar-refractivity contribution in [3.8, 4) is 5.75 Å². The van der Waals surface area contributed by atoms with Gasteiger partial charge in [-0.3, -0.25) is 4.79 Å². The molecule has 5 rings (SSSR count). The Morgan fingerprint density at radius 3 is 2.41 bits per heavy atom. The number of rotatable bonds is 6. The molecule has 0 fully saturated rings. The van der Waals surface area contributed by atoms with E-state index < -0.39 is 6.17 Å². The van der Waals surface area contributed by atoms with Crippen LogP contribution in [-0.2, 0) is 11.4 Å². The van der Waals surface area contributed by atoms with Crippen LogP contribution in [0.15, 0.2) is 114 Å². The van der Waals surface area contributed by atoms with Crippen molar-refractivity contribution in [1.29, 1.82) is 0 Å². The zero-order valence-corrected chi connectivity index (χ0v) is 21.1. The summed E-state index contributed by atoms with van der Waals surface area (Å²) in [5.41, 5.74) is 5.16. The number of hydrogen-bond donors (Lipinski definition) is 2. The number of nitrogens with zero attached hydrogens (tertiary/aromatic N) is 2. The average molecular weight is 507 g/mol. The van der Waals surface area contributed by atoms with Crippen LogP contribution in [0.5, 0.6) is 5.75 Å². The Balaban J connectivity index is 1.34. The molecular weight excluding hydrogens is 480 g/mol. The number of aliphatic imine (C=N–C) groups is 1. The van der Waals surface area contributed by atoms with E-state index in [1.54, 1.807) is 11.9 Å². The van der Waals surface area contributed by atoms with E-state index >= 15 is 0 Å². The summed E-state index contributed by atoms with van der Waals surface area (Å²) in [5, 5.41) is 6.55. The fourth-order valence-corrected chi connectivity index (χ4v) is 4.37. The van der Waals surface area contributed by atoms with Gasteiger partial charge in [-0.25, -0.2) is 4.99 Å². The second kappa shape index (κ2) is 11.1. The molecule has 1 atom stereocenters. The molecule has 0 radical (unpaired) electrons. The number of carbonyl (C=O) groups is 1. The van der Waals surface area contributed by atoms with Crippen LogP contribution in [-0.4, -0.2) is 29.9 Å². The number of ether oxygens (including phenoxy) is 1. The van der Waals surface area contributed by atoms with Crippen LogP contribution < -0.4 is 20.3 Å². The number of hydrogen-bond acceptors (Lipinski definition) is 4. The van der Waals surface area contributed by atoms with E-state index in [9.17, 15) is 4.79 Å². The summed E-state index contributed by atoms with van der Waals surface area (Å²) in [5.74, 6) is 0.504. The predicted octanol–water partition coefficient (Wildman–Crippen LogP) is 5.39. The first-order valence-electron chi connectivity index (χ1n) is 11.9. The van der Waals surface area contributed by atoms with Crippen molar-refractivity contribution in [2.24, 2.45) is 4.99 Å². The molecule has 6 nitrogen and oxygen atoms in total. The van der Waals surface area contributed by atoms with Crippen molar-refractivity contribution in [3.63, 3.8) is 0 Å². The number of fused-ring (bicyclic) bond motifs is 1. The lowest BCUT2D eigenvalue weighted by Gasteiger charge is -2.22. The molecule has 0 bridgehead atoms. The van der Waals surface area contributed by atoms with E-state index in [1.807, 2.05) is 109 Å². The molecule has 2 N–H and O–H groups in total. The highest BCUT2D eigenvalue weighted by molar-refractivity contribution is 7.80. The van der Waals surface area contributed by atoms with Crippen molar-refractivity contribution in [2.75, 3.05) is 17.3 Å². The number of likely N-dealkylation sites (N-methyl/N-ethyl adjacent to an activating group) is 1. The van der Waals surface area contributed by atoms with Crippen molar-refractivity contribution in [2.45, 2.75) is 12.8 Å². The molecule has 4 aromatic carbocycles. The standard InChI is InChI=1S/C30H26N4O2S/c1-34-26-18-9-8-17-25(26)27(22-13-6-3-7-14-22)32-28(29(34)35)33-30(37)31-23-15-10-16-24(19-23)36-20-21-11-4-2-5-12-21/h2-19,28H,20H2,1H3,(H2,31,33,37). The lowest BCUT2D eigenvalue weighted by Crippen LogP contribution is -2.47. The molecule has 1 aliphatic rings. The summed E-state index contributed by atoms with van der Waals surface area (Å²) < 4.78 is 5.92. The number of benzene rings is 4. The lowest BCUT2D eigenvalue weighted by molar-refractivity contribution is -0.119. The van der Waals surface area contributed by atoms with Crippen LogP contribution in [0.1, 0.15) is 16.7 Å². The van der Waals surface area contributed by atoms with Crippen LogP contribution in [0.4, 0.5) is 11.4 Å². The maximum atomic E-state index is 13.4. The Morgan fingerprint density at radius 2 is 1.62 bits per heavy atom. The molecule has 184 valence electrons. The number of thiocarbonyl (C=S) groups is 1. The zero-order valence-electron chi connectivity index (χ0n) is 20.3. The SMILES string of the molecule is CN1C(=O)C(NC(=S)Nc2cccc(OCc3ccccc3)c2)N=C(c2ccccc2)c2ccccc21. The number of benzodiazepines with no additional fused rings is 1. The minimum absolute atomic E-state index is 0.206. The Kier molecular flexibility index (Phi) is 7.23. The Morgan fingerprint density at radius 1 is 0.919 bits per heavy atom. The first-order chi connectivity index (χ1) is 18.1. The van der Waals surface area contributed by atoms with Crippen LogP contribution in [0.25, 0.3) is 0 Å². The fourth-order valence-electron chi connectivity index (χ4n) is 4.14. The number of anilines is 2. The van der Waals surface area contributed by atoms with Gasteiger partial charge in [0.25, 0.3) is 5.91 Å². The molecule has 4 aromatic rings. The molecule has 1 unspecified atom stereocenters. The molecule has 0 aromatic heterocycles. The minimum Gasteiger partial charge on any atom is -0.489 e. The molecule has 0 spiro atoms. The smallest absolute Gasteiger partial charge is 0.272 e. The Hall–Kier alpha value is -4.49. The third-order valence-corrected chi connectivity index (χ3v) is 6.22. The second-order valence-electron chi connectivity index (χ2n) is 8.56. The van der Waals surface area contributed by atoms with E-state index in [2.05, 4.69) is 10.6 Å². The average Bonchev–Trinajstić information content (AvgIpc) is 3.04. The molecular formula is C30H26N4O2S. The number of para-hydroxylation sites is 1. The van der Waals surface area contributed by atoms with E-state index in [-0.39, 0.29) is 11.0 Å². The molecule has 0 aliphatic carbocycles. The quantitative estimate of drug-likeness (QED) is 0.343. The summed E-state index contributed by atoms with van der Waals surface area (Å²) in [4.78, 5) is 19.9.